The summed E-state index contributed by atoms with van der Waals surface area (Å²) >= 11 is 0. The number of carbonyl (C=O) groups is 2. The molecule has 0 aliphatic heterocycles. The zero-order chi connectivity index (χ0) is 20.9. The lowest BCUT2D eigenvalue weighted by Gasteiger charge is -2.36. The van der Waals surface area contributed by atoms with Gasteiger partial charge in [0.1, 0.15) is 17.2 Å². The highest BCUT2D eigenvalue weighted by atomic mass is 32.2. The minimum atomic E-state index is -3.88. The number of carbonyl (C=O) groups excluding carboxylic acids is 2. The van der Waals surface area contributed by atoms with Crippen LogP contribution in [0.25, 0.3) is 0 Å². The molecule has 3 N–H and O–H groups in total. The van der Waals surface area contributed by atoms with Crippen molar-refractivity contribution in [1.82, 2.24) is 15.5 Å². The first-order valence-electron chi connectivity index (χ1n) is 9.52. The third-order valence-corrected chi connectivity index (χ3v) is 8.11. The number of anilines is 1. The second-order valence-electron chi connectivity index (χ2n) is 8.45. The molecule has 156 valence electrons. The van der Waals surface area contributed by atoms with Crippen LogP contribution in [0.15, 0.2) is 29.0 Å². The largest absolute Gasteiger partial charge is 0.467 e. The highest BCUT2D eigenvalue weighted by Gasteiger charge is 2.65. The topological polar surface area (TPSA) is 134 Å². The first-order valence-corrected chi connectivity index (χ1v) is 11.2. The van der Waals surface area contributed by atoms with E-state index in [2.05, 4.69) is 20.2 Å². The smallest absolute Gasteiger partial charge is 0.271 e. The van der Waals surface area contributed by atoms with E-state index < -0.39 is 21.3 Å². The molecule has 9 nitrogen and oxygen atoms in total. The van der Waals surface area contributed by atoms with E-state index >= 15 is 0 Å². The van der Waals surface area contributed by atoms with Crippen LogP contribution in [0.1, 0.15) is 49.4 Å². The monoisotopic (exact) mass is 420 g/mol. The van der Waals surface area contributed by atoms with Crippen molar-refractivity contribution in [2.45, 2.75) is 39.7 Å². The number of amides is 1. The molecule has 0 radical (unpaired) electrons. The maximum atomic E-state index is 12.9. The summed E-state index contributed by atoms with van der Waals surface area (Å²) < 4.78 is 33.5. The molecule has 2 saturated carbocycles. The van der Waals surface area contributed by atoms with E-state index in [1.807, 2.05) is 13.8 Å². The first-order chi connectivity index (χ1) is 13.6. The normalized spacial score (nSPS) is 25.3. The van der Waals surface area contributed by atoms with Crippen LogP contribution >= 0.6 is 0 Å². The summed E-state index contributed by atoms with van der Waals surface area (Å²) in [4.78, 5) is 25.1. The van der Waals surface area contributed by atoms with Crippen LogP contribution < -0.4 is 10.0 Å². The van der Waals surface area contributed by atoms with E-state index in [-0.39, 0.29) is 40.8 Å². The highest BCUT2D eigenvalue weighted by Crippen LogP contribution is 2.64. The summed E-state index contributed by atoms with van der Waals surface area (Å²) in [5, 5.41) is 8.95. The number of H-pyrrole nitrogens is 1. The van der Waals surface area contributed by atoms with Gasteiger partial charge >= 0.3 is 0 Å². The number of nitrogens with one attached hydrogen (secondary N) is 3. The van der Waals surface area contributed by atoms with E-state index in [1.165, 1.54) is 12.5 Å². The van der Waals surface area contributed by atoms with E-state index in [0.717, 1.165) is 6.42 Å². The Balaban J connectivity index is 1.49. The number of rotatable bonds is 7. The lowest BCUT2D eigenvalue weighted by atomic mass is 9.70. The van der Waals surface area contributed by atoms with Gasteiger partial charge in [0.25, 0.3) is 5.91 Å². The van der Waals surface area contributed by atoms with E-state index in [1.54, 1.807) is 12.1 Å². The molecule has 2 heterocycles. The third kappa shape index (κ3) is 3.25. The second-order valence-corrected chi connectivity index (χ2v) is 10.2. The highest BCUT2D eigenvalue weighted by molar-refractivity contribution is 7.92. The van der Waals surface area contributed by atoms with Crippen molar-refractivity contribution in [3.8, 4) is 0 Å². The lowest BCUT2D eigenvalue weighted by molar-refractivity contribution is -0.128. The molecule has 29 heavy (non-hydrogen) atoms. The summed E-state index contributed by atoms with van der Waals surface area (Å²) in [6, 6.07) is 3.42. The molecule has 2 aromatic heterocycles. The van der Waals surface area contributed by atoms with Crippen LogP contribution in [0, 0.1) is 16.7 Å². The predicted octanol–water partition coefficient (Wildman–Crippen LogP) is 2.07. The number of ketones is 1. The maximum Gasteiger partial charge on any atom is 0.271 e. The number of aromatic nitrogens is 2. The van der Waals surface area contributed by atoms with Gasteiger partial charge in [-0.05, 0) is 36.3 Å². The summed E-state index contributed by atoms with van der Waals surface area (Å²) in [6.07, 6.45) is 4.62. The number of hydrogen-bond acceptors (Lipinski definition) is 6. The molecule has 2 aliphatic rings. The van der Waals surface area contributed by atoms with Crippen molar-refractivity contribution in [3.05, 3.63) is 36.0 Å². The van der Waals surface area contributed by atoms with Gasteiger partial charge in [-0.3, -0.25) is 19.4 Å². The lowest BCUT2D eigenvalue weighted by Crippen LogP contribution is -2.43. The van der Waals surface area contributed by atoms with E-state index in [4.69, 9.17) is 4.42 Å². The number of fused-ring (bicyclic) bond motifs is 2. The molecular weight excluding hydrogens is 396 g/mol. The molecule has 0 aromatic carbocycles. The molecule has 2 atom stereocenters. The molecule has 1 amide bonds. The molecule has 1 unspecified atom stereocenters. The van der Waals surface area contributed by atoms with Crippen molar-refractivity contribution < 1.29 is 22.4 Å². The zero-order valence-electron chi connectivity index (χ0n) is 16.3. The van der Waals surface area contributed by atoms with Crippen molar-refractivity contribution in [3.63, 3.8) is 0 Å². The zero-order valence-corrected chi connectivity index (χ0v) is 17.1. The maximum absolute atomic E-state index is 12.9. The first kappa shape index (κ1) is 19.7. The van der Waals surface area contributed by atoms with Crippen LogP contribution in [-0.4, -0.2) is 36.1 Å². The van der Waals surface area contributed by atoms with Crippen LogP contribution in [-0.2, 0) is 21.4 Å². The molecule has 0 saturated heterocycles. The van der Waals surface area contributed by atoms with Crippen molar-refractivity contribution in [1.29, 1.82) is 0 Å². The Kier molecular flexibility index (Phi) is 4.56. The molecule has 4 rings (SSSR count). The van der Waals surface area contributed by atoms with Gasteiger partial charge in [-0.1, -0.05) is 13.8 Å². The number of aromatic amines is 1. The Morgan fingerprint density at radius 3 is 2.83 bits per heavy atom. The van der Waals surface area contributed by atoms with E-state index in [0.29, 0.717) is 18.6 Å². The Bertz CT molecular complexity index is 1040. The number of nitrogens with zero attached hydrogens (tertiary/aromatic N) is 1. The summed E-state index contributed by atoms with van der Waals surface area (Å²) in [5.41, 5.74) is -1.19. The van der Waals surface area contributed by atoms with Gasteiger partial charge < -0.3 is 9.73 Å². The van der Waals surface area contributed by atoms with Gasteiger partial charge in [0.05, 0.1) is 35.9 Å². The standard InChI is InChI=1S/C19H24N4O5S/c1-18(2)12-5-6-19(18,15(24)8-12)11-29(26,27)23-14-10-21-22-16(14)17(25)20-9-13-4-3-7-28-13/h3-4,7,10,12,23H,5-6,8-9,11H2,1-2H3,(H,20,25)(H,21,22)/t12?,19-/m1/s1. The fraction of sp³-hybridized carbons (Fsp3) is 0.526. The van der Waals surface area contributed by atoms with Crippen LogP contribution in [0.5, 0.6) is 0 Å². The Morgan fingerprint density at radius 1 is 1.41 bits per heavy atom. The van der Waals surface area contributed by atoms with Gasteiger partial charge in [0.2, 0.25) is 10.0 Å². The minimum Gasteiger partial charge on any atom is -0.467 e. The summed E-state index contributed by atoms with van der Waals surface area (Å²) in [6.45, 7) is 4.12. The average molecular weight is 420 g/mol. The Hall–Kier alpha value is -2.62. The Labute approximate surface area is 168 Å². The van der Waals surface area contributed by atoms with E-state index in [9.17, 15) is 18.0 Å². The molecule has 2 aromatic rings. The number of sulfonamides is 1. The molecule has 0 spiro atoms. The van der Waals surface area contributed by atoms with Gasteiger partial charge in [0, 0.05) is 6.42 Å². The Morgan fingerprint density at radius 2 is 2.21 bits per heavy atom. The quantitative estimate of drug-likeness (QED) is 0.628. The summed E-state index contributed by atoms with van der Waals surface area (Å²) in [7, 11) is -3.88. The van der Waals surface area contributed by atoms with Crippen molar-refractivity contribution in [2.75, 3.05) is 10.5 Å². The van der Waals surface area contributed by atoms with Crippen LogP contribution in [0.4, 0.5) is 5.69 Å². The molecule has 2 fully saturated rings. The number of hydrogen-bond donors (Lipinski definition) is 3. The number of furan rings is 1. The second kappa shape index (κ2) is 6.72. The molecule has 10 heteroatoms. The van der Waals surface area contributed by atoms with Crippen LogP contribution in [0.2, 0.25) is 0 Å². The van der Waals surface area contributed by atoms with Gasteiger partial charge in [-0.25, -0.2) is 8.42 Å². The van der Waals surface area contributed by atoms with Gasteiger partial charge in [-0.15, -0.1) is 0 Å². The minimum absolute atomic E-state index is 0.000983. The molecule has 2 bridgehead atoms. The fourth-order valence-electron chi connectivity index (χ4n) is 4.84. The predicted molar refractivity (Wildman–Crippen MR) is 104 cm³/mol. The molecular formula is C19H24N4O5S. The SMILES string of the molecule is CC1(C)C2CC[C@@]1(CS(=O)(=O)Nc1cn[nH]c1C(=O)NCc1ccco1)C(=O)C2. The third-order valence-electron chi connectivity index (χ3n) is 6.71. The van der Waals surface area contributed by atoms with Crippen molar-refractivity contribution in [2.24, 2.45) is 16.7 Å². The van der Waals surface area contributed by atoms with Gasteiger partial charge in [-0.2, -0.15) is 5.10 Å². The van der Waals surface area contributed by atoms with Gasteiger partial charge in [0.15, 0.2) is 0 Å². The van der Waals surface area contributed by atoms with Crippen LogP contribution in [0.3, 0.4) is 0 Å². The molecule has 2 aliphatic carbocycles. The number of Topliss-reactive ketones (excluding diaryl/α,β-unsaturated/α-hetero) is 1. The fourth-order valence-corrected chi connectivity index (χ4v) is 6.73. The summed E-state index contributed by atoms with van der Waals surface area (Å²) in [5.74, 6) is 0.000613. The van der Waals surface area contributed by atoms with Crippen molar-refractivity contribution >= 4 is 27.4 Å². The average Bonchev–Trinajstić information content (AvgIpc) is 3.38.